The summed E-state index contributed by atoms with van der Waals surface area (Å²) in [6, 6.07) is 8.64. The molecular weight excluding hydrogens is 312 g/mol. The molecule has 3 heteroatoms. The van der Waals surface area contributed by atoms with Crippen LogP contribution < -0.4 is 0 Å². The Morgan fingerprint density at radius 3 is 2.90 bits per heavy atom. The van der Waals surface area contributed by atoms with Gasteiger partial charge in [-0.1, -0.05) is 41.1 Å². The smallest absolute Gasteiger partial charge is 0.0706 e. The Kier molecular flexibility index (Phi) is 4.16. The quantitative estimate of drug-likeness (QED) is 0.737. The van der Waals surface area contributed by atoms with Gasteiger partial charge in [-0.15, -0.1) is 0 Å². The summed E-state index contributed by atoms with van der Waals surface area (Å²) in [6.07, 6.45) is 5.09. The summed E-state index contributed by atoms with van der Waals surface area (Å²) < 4.78 is 2.14. The lowest BCUT2D eigenvalue weighted by Gasteiger charge is -2.31. The maximum atomic E-state index is 4.86. The van der Waals surface area contributed by atoms with Gasteiger partial charge in [0.2, 0.25) is 0 Å². The van der Waals surface area contributed by atoms with E-state index in [0.29, 0.717) is 4.83 Å². The molecule has 3 rings (SSSR count). The molecule has 3 atom stereocenters. The summed E-state index contributed by atoms with van der Waals surface area (Å²) in [5, 5.41) is 6.20. The number of benzene rings is 1. The van der Waals surface area contributed by atoms with Gasteiger partial charge in [-0.25, -0.2) is 0 Å². The van der Waals surface area contributed by atoms with E-state index in [0.717, 1.165) is 24.8 Å². The van der Waals surface area contributed by atoms with Crippen molar-refractivity contribution < 1.29 is 0 Å². The Hall–Kier alpha value is -0.830. The average Bonchev–Trinajstić information content (AvgIpc) is 2.81. The van der Waals surface area contributed by atoms with E-state index in [-0.39, 0.29) is 0 Å². The van der Waals surface area contributed by atoms with Crippen LogP contribution in [0.5, 0.6) is 0 Å². The van der Waals surface area contributed by atoms with Gasteiger partial charge < -0.3 is 0 Å². The van der Waals surface area contributed by atoms with E-state index < -0.39 is 0 Å². The zero-order valence-electron chi connectivity index (χ0n) is 12.3. The van der Waals surface area contributed by atoms with Crippen LogP contribution in [-0.4, -0.2) is 14.6 Å². The van der Waals surface area contributed by atoms with Gasteiger partial charge in [0.1, 0.15) is 0 Å². The van der Waals surface area contributed by atoms with Crippen LogP contribution >= 0.6 is 15.9 Å². The van der Waals surface area contributed by atoms with Gasteiger partial charge in [0, 0.05) is 16.8 Å². The maximum Gasteiger partial charge on any atom is 0.0706 e. The lowest BCUT2D eigenvalue weighted by atomic mass is 9.80. The Morgan fingerprint density at radius 1 is 1.30 bits per heavy atom. The van der Waals surface area contributed by atoms with E-state index in [1.807, 2.05) is 0 Å². The normalized spacial score (nSPS) is 27.1. The first-order valence-electron chi connectivity index (χ1n) is 7.77. The van der Waals surface area contributed by atoms with Crippen molar-refractivity contribution >= 4 is 26.8 Å². The number of hydrogen-bond donors (Lipinski definition) is 0. The fraction of sp³-hybridized carbons (Fsp3) is 0.588. The number of rotatable bonds is 3. The zero-order valence-corrected chi connectivity index (χ0v) is 13.9. The van der Waals surface area contributed by atoms with Crippen LogP contribution in [0, 0.1) is 11.8 Å². The SMILES string of the molecule is CCn1nc(CC2CC(C)CCC2Br)c2ccccc21. The average molecular weight is 335 g/mol. The van der Waals surface area contributed by atoms with Gasteiger partial charge in [0.15, 0.2) is 0 Å². The molecular formula is C17H23BrN2. The minimum Gasteiger partial charge on any atom is -0.265 e. The summed E-state index contributed by atoms with van der Waals surface area (Å²) in [6.45, 7) is 5.49. The molecule has 0 saturated heterocycles. The molecule has 108 valence electrons. The van der Waals surface area contributed by atoms with Crippen LogP contribution in [0.25, 0.3) is 10.9 Å². The number of fused-ring (bicyclic) bond motifs is 1. The second-order valence-electron chi connectivity index (χ2n) is 6.18. The first-order valence-corrected chi connectivity index (χ1v) is 8.69. The molecule has 0 bridgehead atoms. The fourth-order valence-electron chi connectivity index (χ4n) is 3.51. The highest BCUT2D eigenvalue weighted by atomic mass is 79.9. The third-order valence-corrected chi connectivity index (χ3v) is 5.85. The van der Waals surface area contributed by atoms with Crippen molar-refractivity contribution in [1.29, 1.82) is 0 Å². The second kappa shape index (κ2) is 5.88. The predicted octanol–water partition coefficient (Wildman–Crippen LogP) is 4.80. The van der Waals surface area contributed by atoms with Gasteiger partial charge in [-0.3, -0.25) is 4.68 Å². The molecule has 1 aliphatic carbocycles. The molecule has 0 N–H and O–H groups in total. The van der Waals surface area contributed by atoms with E-state index in [4.69, 9.17) is 5.10 Å². The zero-order chi connectivity index (χ0) is 14.1. The molecule has 20 heavy (non-hydrogen) atoms. The summed E-state index contributed by atoms with van der Waals surface area (Å²) in [5.74, 6) is 1.58. The van der Waals surface area contributed by atoms with Gasteiger partial charge in [-0.05, 0) is 50.5 Å². The van der Waals surface area contributed by atoms with Crippen molar-refractivity contribution in [3.8, 4) is 0 Å². The van der Waals surface area contributed by atoms with Crippen molar-refractivity contribution in [3.05, 3.63) is 30.0 Å². The number of aromatic nitrogens is 2. The molecule has 1 fully saturated rings. The summed E-state index contributed by atoms with van der Waals surface area (Å²) in [4.78, 5) is 0.657. The molecule has 0 spiro atoms. The highest BCUT2D eigenvalue weighted by Crippen LogP contribution is 2.36. The minimum atomic E-state index is 0.657. The molecule has 0 radical (unpaired) electrons. The van der Waals surface area contributed by atoms with Crippen LogP contribution in [0.3, 0.4) is 0 Å². The van der Waals surface area contributed by atoms with E-state index in [1.54, 1.807) is 0 Å². The highest BCUT2D eigenvalue weighted by Gasteiger charge is 2.28. The van der Waals surface area contributed by atoms with E-state index in [1.165, 1.54) is 35.9 Å². The number of aryl methyl sites for hydroxylation is 1. The van der Waals surface area contributed by atoms with Gasteiger partial charge in [0.25, 0.3) is 0 Å². The fourth-order valence-corrected chi connectivity index (χ4v) is 4.18. The molecule has 0 aliphatic heterocycles. The molecule has 3 unspecified atom stereocenters. The number of nitrogens with zero attached hydrogens (tertiary/aromatic N) is 2. The monoisotopic (exact) mass is 334 g/mol. The molecule has 1 heterocycles. The number of halogens is 1. The number of alkyl halides is 1. The van der Waals surface area contributed by atoms with Crippen molar-refractivity contribution in [2.24, 2.45) is 11.8 Å². The molecule has 0 amide bonds. The molecule has 1 aromatic carbocycles. The number of para-hydroxylation sites is 1. The van der Waals surface area contributed by atoms with Crippen LogP contribution in [0.2, 0.25) is 0 Å². The van der Waals surface area contributed by atoms with Crippen molar-refractivity contribution in [2.75, 3.05) is 0 Å². The minimum absolute atomic E-state index is 0.657. The third kappa shape index (κ3) is 2.65. The largest absolute Gasteiger partial charge is 0.265 e. The van der Waals surface area contributed by atoms with Crippen molar-refractivity contribution in [3.63, 3.8) is 0 Å². The lowest BCUT2D eigenvalue weighted by Crippen LogP contribution is -2.25. The van der Waals surface area contributed by atoms with Crippen molar-refractivity contribution in [1.82, 2.24) is 9.78 Å². The maximum absolute atomic E-state index is 4.86. The van der Waals surface area contributed by atoms with Gasteiger partial charge in [0.05, 0.1) is 11.2 Å². The van der Waals surface area contributed by atoms with Crippen LogP contribution in [0.1, 0.15) is 38.8 Å². The Labute approximate surface area is 129 Å². The second-order valence-corrected chi connectivity index (χ2v) is 7.35. The highest BCUT2D eigenvalue weighted by molar-refractivity contribution is 9.09. The third-order valence-electron chi connectivity index (χ3n) is 4.64. The van der Waals surface area contributed by atoms with Crippen molar-refractivity contribution in [2.45, 2.75) is 50.9 Å². The van der Waals surface area contributed by atoms with Gasteiger partial charge in [-0.2, -0.15) is 5.10 Å². The summed E-state index contributed by atoms with van der Waals surface area (Å²) in [5.41, 5.74) is 2.56. The Balaban J connectivity index is 1.90. The van der Waals surface area contributed by atoms with Crippen LogP contribution in [0.15, 0.2) is 24.3 Å². The van der Waals surface area contributed by atoms with Crippen LogP contribution in [-0.2, 0) is 13.0 Å². The van der Waals surface area contributed by atoms with Crippen LogP contribution in [0.4, 0.5) is 0 Å². The number of hydrogen-bond acceptors (Lipinski definition) is 1. The first-order chi connectivity index (χ1) is 9.69. The standard InChI is InChI=1S/C17H23BrN2/c1-3-20-17-7-5-4-6-14(17)16(19-20)11-13-10-12(2)8-9-15(13)18/h4-7,12-13,15H,3,8-11H2,1-2H3. The lowest BCUT2D eigenvalue weighted by molar-refractivity contribution is 0.292. The Morgan fingerprint density at radius 2 is 2.10 bits per heavy atom. The topological polar surface area (TPSA) is 17.8 Å². The summed E-state index contributed by atoms with van der Waals surface area (Å²) >= 11 is 3.89. The van der Waals surface area contributed by atoms with Gasteiger partial charge >= 0.3 is 0 Å². The summed E-state index contributed by atoms with van der Waals surface area (Å²) in [7, 11) is 0. The molecule has 2 aromatic rings. The first kappa shape index (κ1) is 14.1. The predicted molar refractivity (Wildman–Crippen MR) is 88.3 cm³/mol. The molecule has 1 aromatic heterocycles. The molecule has 2 nitrogen and oxygen atoms in total. The molecule has 1 aliphatic rings. The van der Waals surface area contributed by atoms with E-state index in [9.17, 15) is 0 Å². The van der Waals surface area contributed by atoms with E-state index in [2.05, 4.69) is 58.7 Å². The molecule has 1 saturated carbocycles. The Bertz CT molecular complexity index is 590. The van der Waals surface area contributed by atoms with E-state index >= 15 is 0 Å².